The van der Waals surface area contributed by atoms with Crippen LogP contribution in [0.1, 0.15) is 63.9 Å². The fraction of sp³-hybridized carbons (Fsp3) is 0.652. The fourth-order valence-corrected chi connectivity index (χ4v) is 4.49. The molecule has 0 radical (unpaired) electrons. The van der Waals surface area contributed by atoms with Crippen LogP contribution in [0.4, 0.5) is 0 Å². The Morgan fingerprint density at radius 1 is 1.17 bits per heavy atom. The average molecular weight is 421 g/mol. The van der Waals surface area contributed by atoms with E-state index in [4.69, 9.17) is 5.21 Å². The van der Waals surface area contributed by atoms with E-state index in [1.54, 1.807) is 0 Å². The molecule has 5 N–H and O–H groups in total. The predicted octanol–water partition coefficient (Wildman–Crippen LogP) is 2.53. The van der Waals surface area contributed by atoms with Crippen molar-refractivity contribution in [2.75, 3.05) is 0 Å². The quantitative estimate of drug-likeness (QED) is 0.190. The highest BCUT2D eigenvalue weighted by Gasteiger charge is 2.35. The number of carbonyl (C=O) groups is 2. The van der Waals surface area contributed by atoms with Gasteiger partial charge in [0.05, 0.1) is 5.92 Å². The van der Waals surface area contributed by atoms with Crippen LogP contribution in [-0.4, -0.2) is 39.4 Å². The number of amides is 1. The van der Waals surface area contributed by atoms with Crippen molar-refractivity contribution in [2.24, 2.45) is 17.8 Å². The van der Waals surface area contributed by atoms with Crippen LogP contribution in [0.5, 0.6) is 0 Å². The van der Waals surface area contributed by atoms with E-state index in [1.807, 2.05) is 37.3 Å². The first kappa shape index (κ1) is 24.5. The third kappa shape index (κ3) is 7.16. The minimum absolute atomic E-state index is 0.0845. The largest absolute Gasteiger partial charge is 0.382 e. The van der Waals surface area contributed by atoms with Crippen molar-refractivity contribution in [3.05, 3.63) is 35.9 Å². The number of aliphatic hydroxyl groups excluding tert-OH is 2. The molecule has 7 heteroatoms. The second kappa shape index (κ2) is 12.8. The maximum Gasteiger partial charge on any atom is 0.272 e. The third-order valence-corrected chi connectivity index (χ3v) is 6.29. The van der Waals surface area contributed by atoms with Crippen LogP contribution in [0, 0.1) is 17.8 Å². The van der Waals surface area contributed by atoms with Gasteiger partial charge in [0.25, 0.3) is 5.91 Å². The van der Waals surface area contributed by atoms with Gasteiger partial charge in [-0.3, -0.25) is 20.1 Å². The SMILES string of the molecule is CCCCC(C(=O)CC[C@@H]1CCC[C@H]1C(O)NCc1ccccc1)[C@H](O)C(=O)NO. The summed E-state index contributed by atoms with van der Waals surface area (Å²) in [4.78, 5) is 24.4. The van der Waals surface area contributed by atoms with Crippen molar-refractivity contribution in [3.8, 4) is 0 Å². The molecule has 2 unspecified atom stereocenters. The van der Waals surface area contributed by atoms with E-state index in [9.17, 15) is 19.8 Å². The number of unbranched alkanes of at least 4 members (excludes halogenated alkanes) is 1. The summed E-state index contributed by atoms with van der Waals surface area (Å²) in [6, 6.07) is 9.91. The van der Waals surface area contributed by atoms with Crippen LogP contribution in [-0.2, 0) is 16.1 Å². The van der Waals surface area contributed by atoms with Crippen LogP contribution < -0.4 is 10.8 Å². The summed E-state index contributed by atoms with van der Waals surface area (Å²) < 4.78 is 0. The topological polar surface area (TPSA) is 119 Å². The lowest BCUT2D eigenvalue weighted by Crippen LogP contribution is -2.41. The summed E-state index contributed by atoms with van der Waals surface area (Å²) in [5.74, 6) is -1.59. The Morgan fingerprint density at radius 2 is 1.90 bits per heavy atom. The van der Waals surface area contributed by atoms with Crippen LogP contribution in [0.3, 0.4) is 0 Å². The van der Waals surface area contributed by atoms with Crippen molar-refractivity contribution >= 4 is 11.7 Å². The van der Waals surface area contributed by atoms with Gasteiger partial charge in [-0.1, -0.05) is 62.9 Å². The van der Waals surface area contributed by atoms with Crippen molar-refractivity contribution in [1.29, 1.82) is 0 Å². The van der Waals surface area contributed by atoms with E-state index in [-0.39, 0.29) is 24.0 Å². The molecule has 1 aromatic rings. The van der Waals surface area contributed by atoms with Gasteiger partial charge in [-0.15, -0.1) is 0 Å². The number of ketones is 1. The van der Waals surface area contributed by atoms with Gasteiger partial charge >= 0.3 is 0 Å². The number of carbonyl (C=O) groups excluding carboxylic acids is 2. The lowest BCUT2D eigenvalue weighted by atomic mass is 9.84. The lowest BCUT2D eigenvalue weighted by Gasteiger charge is -2.26. The van der Waals surface area contributed by atoms with E-state index in [1.165, 1.54) is 5.48 Å². The predicted molar refractivity (Wildman–Crippen MR) is 113 cm³/mol. The number of rotatable bonds is 13. The molecular formula is C23H36N2O5. The smallest absolute Gasteiger partial charge is 0.272 e. The minimum atomic E-state index is -1.54. The van der Waals surface area contributed by atoms with Gasteiger partial charge in [-0.2, -0.15) is 0 Å². The molecule has 1 aromatic carbocycles. The van der Waals surface area contributed by atoms with Crippen LogP contribution in [0.2, 0.25) is 0 Å². The second-order valence-corrected chi connectivity index (χ2v) is 8.34. The Morgan fingerprint density at radius 3 is 2.57 bits per heavy atom. The summed E-state index contributed by atoms with van der Waals surface area (Å²) in [7, 11) is 0. The summed E-state index contributed by atoms with van der Waals surface area (Å²) in [6.07, 6.45) is 3.60. The second-order valence-electron chi connectivity index (χ2n) is 8.34. The van der Waals surface area contributed by atoms with E-state index >= 15 is 0 Å². The Labute approximate surface area is 178 Å². The molecular weight excluding hydrogens is 384 g/mol. The number of Topliss-reactive ketones (excluding diaryl/α,β-unsaturated/α-hetero) is 1. The maximum atomic E-state index is 12.8. The molecule has 7 nitrogen and oxygen atoms in total. The molecule has 0 heterocycles. The first-order valence-corrected chi connectivity index (χ1v) is 11.1. The molecule has 2 rings (SSSR count). The molecule has 1 fully saturated rings. The Balaban J connectivity index is 1.88. The van der Waals surface area contributed by atoms with E-state index in [0.717, 1.165) is 37.7 Å². The first-order chi connectivity index (χ1) is 14.5. The molecule has 0 saturated heterocycles. The molecule has 1 aliphatic carbocycles. The van der Waals surface area contributed by atoms with E-state index in [0.29, 0.717) is 19.4 Å². The molecule has 1 saturated carbocycles. The normalized spacial score (nSPS) is 21.7. The fourth-order valence-electron chi connectivity index (χ4n) is 4.49. The zero-order valence-electron chi connectivity index (χ0n) is 17.8. The molecule has 30 heavy (non-hydrogen) atoms. The zero-order chi connectivity index (χ0) is 21.9. The van der Waals surface area contributed by atoms with E-state index in [2.05, 4.69) is 5.32 Å². The van der Waals surface area contributed by atoms with Gasteiger partial charge in [0.1, 0.15) is 18.1 Å². The number of nitrogens with one attached hydrogen (secondary N) is 2. The highest BCUT2D eigenvalue weighted by atomic mass is 16.5. The number of hydrogen-bond donors (Lipinski definition) is 5. The number of hydroxylamine groups is 1. The van der Waals surface area contributed by atoms with E-state index < -0.39 is 24.2 Å². The van der Waals surface area contributed by atoms with Crippen molar-refractivity contribution in [2.45, 2.75) is 77.2 Å². The van der Waals surface area contributed by atoms with Gasteiger partial charge < -0.3 is 10.2 Å². The summed E-state index contributed by atoms with van der Waals surface area (Å²) in [6.45, 7) is 2.57. The molecule has 0 spiro atoms. The molecule has 0 bridgehead atoms. The zero-order valence-corrected chi connectivity index (χ0v) is 17.8. The summed E-state index contributed by atoms with van der Waals surface area (Å²) in [5, 5.41) is 32.8. The number of hydrogen-bond acceptors (Lipinski definition) is 6. The number of aliphatic hydroxyl groups is 2. The minimum Gasteiger partial charge on any atom is -0.382 e. The highest BCUT2D eigenvalue weighted by molar-refractivity contribution is 5.89. The summed E-state index contributed by atoms with van der Waals surface area (Å²) >= 11 is 0. The Kier molecular flexibility index (Phi) is 10.4. The van der Waals surface area contributed by atoms with Gasteiger partial charge in [0.2, 0.25) is 0 Å². The molecule has 1 amide bonds. The average Bonchev–Trinajstić information content (AvgIpc) is 3.25. The van der Waals surface area contributed by atoms with Crippen LogP contribution in [0.15, 0.2) is 30.3 Å². The Bertz CT molecular complexity index is 654. The van der Waals surface area contributed by atoms with Crippen molar-refractivity contribution in [1.82, 2.24) is 10.8 Å². The van der Waals surface area contributed by atoms with Gasteiger partial charge in [-0.05, 0) is 30.7 Å². The van der Waals surface area contributed by atoms with Crippen molar-refractivity contribution < 1.29 is 25.0 Å². The highest BCUT2D eigenvalue weighted by Crippen LogP contribution is 2.37. The first-order valence-electron chi connectivity index (χ1n) is 11.1. The molecule has 5 atom stereocenters. The van der Waals surface area contributed by atoms with Gasteiger partial charge in [0, 0.05) is 18.9 Å². The van der Waals surface area contributed by atoms with Crippen LogP contribution in [0.25, 0.3) is 0 Å². The van der Waals surface area contributed by atoms with Crippen molar-refractivity contribution in [3.63, 3.8) is 0 Å². The lowest BCUT2D eigenvalue weighted by molar-refractivity contribution is -0.145. The maximum absolute atomic E-state index is 12.8. The monoisotopic (exact) mass is 420 g/mol. The van der Waals surface area contributed by atoms with Gasteiger partial charge in [-0.25, -0.2) is 5.48 Å². The number of benzene rings is 1. The van der Waals surface area contributed by atoms with Gasteiger partial charge in [0.15, 0.2) is 0 Å². The third-order valence-electron chi connectivity index (χ3n) is 6.29. The molecule has 1 aliphatic rings. The Hall–Kier alpha value is -1.80. The van der Waals surface area contributed by atoms with Crippen LogP contribution >= 0.6 is 0 Å². The summed E-state index contributed by atoms with van der Waals surface area (Å²) in [5.41, 5.74) is 2.55. The molecule has 0 aromatic heterocycles. The molecule has 168 valence electrons. The standard InChI is InChI=1S/C23H36N2O5/c1-2-3-11-19(21(27)23(29)25-30)20(26)14-13-17-10-7-12-18(17)22(28)24-15-16-8-5-4-6-9-16/h4-6,8-9,17-19,21-22,24,27-28,30H,2-3,7,10-15H2,1H3,(H,25,29)/t17-,18+,19?,21-,22?/m0/s1. The molecule has 0 aliphatic heterocycles.